The largest absolute Gasteiger partial charge is 0.508 e. The lowest BCUT2D eigenvalue weighted by molar-refractivity contribution is -0.139. The van der Waals surface area contributed by atoms with E-state index >= 15 is 0 Å². The van der Waals surface area contributed by atoms with Crippen molar-refractivity contribution in [3.05, 3.63) is 83.1 Å². The summed E-state index contributed by atoms with van der Waals surface area (Å²) < 4.78 is 11.8. The third-order valence-electron chi connectivity index (χ3n) is 5.64. The molecular weight excluding hydrogens is 418 g/mol. The number of rotatable bonds is 4. The zero-order valence-corrected chi connectivity index (χ0v) is 17.0. The standard InChI is InChI=1S/C24H18ClNO5/c25-23-18(2-1-11-26-23)31-24(29)17-12-19-20(13-3-7-15(27)8-4-13)21(22(17)30-19)14-5-9-16(28)10-6-14/h1-11,17,19,22,27-28H,12H2. The van der Waals surface area contributed by atoms with Gasteiger partial charge in [0.1, 0.15) is 11.5 Å². The smallest absolute Gasteiger partial charge is 0.317 e. The zero-order valence-electron chi connectivity index (χ0n) is 16.2. The molecule has 2 bridgehead atoms. The number of carbonyl (C=O) groups is 1. The monoisotopic (exact) mass is 435 g/mol. The van der Waals surface area contributed by atoms with Crippen molar-refractivity contribution in [1.29, 1.82) is 0 Å². The van der Waals surface area contributed by atoms with Gasteiger partial charge in [0.05, 0.1) is 18.1 Å². The minimum absolute atomic E-state index is 0.124. The van der Waals surface area contributed by atoms with Gasteiger partial charge in [-0.05, 0) is 65.1 Å². The van der Waals surface area contributed by atoms with Crippen LogP contribution in [0.3, 0.4) is 0 Å². The molecule has 3 heterocycles. The van der Waals surface area contributed by atoms with Gasteiger partial charge < -0.3 is 19.7 Å². The maximum Gasteiger partial charge on any atom is 0.317 e. The molecule has 2 aromatic carbocycles. The first kappa shape index (κ1) is 19.6. The van der Waals surface area contributed by atoms with Gasteiger partial charge in [-0.2, -0.15) is 0 Å². The molecule has 31 heavy (non-hydrogen) atoms. The molecule has 0 amide bonds. The highest BCUT2D eigenvalue weighted by atomic mass is 35.5. The van der Waals surface area contributed by atoms with Crippen molar-refractivity contribution in [2.45, 2.75) is 18.6 Å². The summed E-state index contributed by atoms with van der Waals surface area (Å²) in [5, 5.41) is 19.5. The maximum absolute atomic E-state index is 13.0. The summed E-state index contributed by atoms with van der Waals surface area (Å²) in [6.07, 6.45) is 1.20. The molecule has 2 aliphatic rings. The highest BCUT2D eigenvalue weighted by Crippen LogP contribution is 2.51. The van der Waals surface area contributed by atoms with Crippen LogP contribution in [0.15, 0.2) is 66.9 Å². The Hall–Kier alpha value is -3.35. The normalized spacial score (nSPS) is 22.0. The van der Waals surface area contributed by atoms with Crippen molar-refractivity contribution in [3.63, 3.8) is 0 Å². The summed E-state index contributed by atoms with van der Waals surface area (Å²) in [5.41, 5.74) is 3.61. The summed E-state index contributed by atoms with van der Waals surface area (Å²) in [4.78, 5) is 16.9. The summed E-state index contributed by atoms with van der Waals surface area (Å²) in [7, 11) is 0. The Morgan fingerprint density at radius 3 is 2.19 bits per heavy atom. The third kappa shape index (κ3) is 3.54. The predicted octanol–water partition coefficient (Wildman–Crippen LogP) is 4.45. The number of aromatic hydroxyl groups is 2. The number of esters is 1. The summed E-state index contributed by atoms with van der Waals surface area (Å²) in [5.74, 6) is -0.392. The van der Waals surface area contributed by atoms with Gasteiger partial charge in [-0.3, -0.25) is 4.79 Å². The average molecular weight is 436 g/mol. The first-order valence-corrected chi connectivity index (χ1v) is 10.2. The van der Waals surface area contributed by atoms with Gasteiger partial charge in [-0.25, -0.2) is 4.98 Å². The number of halogens is 1. The van der Waals surface area contributed by atoms with Crippen LogP contribution in [0.1, 0.15) is 17.5 Å². The fourth-order valence-corrected chi connectivity index (χ4v) is 4.42. The van der Waals surface area contributed by atoms with Gasteiger partial charge in [0.2, 0.25) is 0 Å². The fourth-order valence-electron chi connectivity index (χ4n) is 4.26. The number of benzene rings is 2. The van der Waals surface area contributed by atoms with Crippen LogP contribution < -0.4 is 4.74 Å². The minimum atomic E-state index is -0.508. The second-order valence-corrected chi connectivity index (χ2v) is 7.88. The molecule has 3 aromatic rings. The molecule has 1 saturated heterocycles. The molecule has 0 radical (unpaired) electrons. The Morgan fingerprint density at radius 1 is 0.968 bits per heavy atom. The molecule has 5 rings (SSSR count). The lowest BCUT2D eigenvalue weighted by Gasteiger charge is -2.24. The molecule has 3 unspecified atom stereocenters. The zero-order chi connectivity index (χ0) is 21.5. The Balaban J connectivity index is 1.53. The second-order valence-electron chi connectivity index (χ2n) is 7.52. The Kier molecular flexibility index (Phi) is 4.88. The van der Waals surface area contributed by atoms with Crippen LogP contribution in [0.25, 0.3) is 11.1 Å². The number of phenolic OH excluding ortho intramolecular Hbond substituents is 2. The molecule has 7 heteroatoms. The fraction of sp³-hybridized carbons (Fsp3) is 0.167. The Morgan fingerprint density at radius 2 is 1.58 bits per heavy atom. The number of hydrogen-bond acceptors (Lipinski definition) is 6. The number of pyridine rings is 1. The SMILES string of the molecule is O=C(Oc1cccnc1Cl)C1CC2OC1C(c1ccc(O)cc1)=C2c1ccc(O)cc1. The van der Waals surface area contributed by atoms with E-state index in [0.29, 0.717) is 6.42 Å². The summed E-state index contributed by atoms with van der Waals surface area (Å²) in [6, 6.07) is 17.0. The number of hydrogen-bond donors (Lipinski definition) is 2. The van der Waals surface area contributed by atoms with E-state index in [0.717, 1.165) is 22.3 Å². The molecule has 0 aliphatic carbocycles. The lowest BCUT2D eigenvalue weighted by Crippen LogP contribution is -2.30. The molecule has 0 spiro atoms. The van der Waals surface area contributed by atoms with E-state index in [1.807, 2.05) is 12.1 Å². The van der Waals surface area contributed by atoms with Crippen LogP contribution >= 0.6 is 11.6 Å². The van der Waals surface area contributed by atoms with Gasteiger partial charge in [-0.1, -0.05) is 35.9 Å². The first-order chi connectivity index (χ1) is 15.0. The van der Waals surface area contributed by atoms with Gasteiger partial charge in [0.25, 0.3) is 0 Å². The van der Waals surface area contributed by atoms with Gasteiger partial charge in [0.15, 0.2) is 10.9 Å². The Labute approximate surface area is 183 Å². The van der Waals surface area contributed by atoms with E-state index in [1.54, 1.807) is 48.5 Å². The van der Waals surface area contributed by atoms with Gasteiger partial charge in [0, 0.05) is 6.20 Å². The number of fused-ring (bicyclic) bond motifs is 2. The van der Waals surface area contributed by atoms with Crippen LogP contribution in [0.5, 0.6) is 17.2 Å². The summed E-state index contributed by atoms with van der Waals surface area (Å²) in [6.45, 7) is 0. The van der Waals surface area contributed by atoms with E-state index in [-0.39, 0.29) is 28.5 Å². The number of phenols is 2. The molecule has 3 atom stereocenters. The molecule has 2 aliphatic heterocycles. The predicted molar refractivity (Wildman–Crippen MR) is 115 cm³/mol. The number of carbonyl (C=O) groups excluding carboxylic acids is 1. The molecule has 6 nitrogen and oxygen atoms in total. The van der Waals surface area contributed by atoms with E-state index in [1.165, 1.54) is 6.20 Å². The lowest BCUT2D eigenvalue weighted by atomic mass is 9.78. The highest BCUT2D eigenvalue weighted by molar-refractivity contribution is 6.30. The average Bonchev–Trinajstić information content (AvgIpc) is 3.36. The first-order valence-electron chi connectivity index (χ1n) is 9.82. The maximum atomic E-state index is 13.0. The van der Waals surface area contributed by atoms with Crippen LogP contribution in [-0.4, -0.2) is 33.4 Å². The van der Waals surface area contributed by atoms with E-state index in [4.69, 9.17) is 21.1 Å². The van der Waals surface area contributed by atoms with Crippen molar-refractivity contribution in [2.24, 2.45) is 5.92 Å². The van der Waals surface area contributed by atoms with Crippen LogP contribution in [0, 0.1) is 5.92 Å². The van der Waals surface area contributed by atoms with Crippen molar-refractivity contribution in [1.82, 2.24) is 4.98 Å². The number of nitrogens with zero attached hydrogens (tertiary/aromatic N) is 1. The summed E-state index contributed by atoms with van der Waals surface area (Å²) >= 11 is 6.04. The van der Waals surface area contributed by atoms with Crippen LogP contribution in [0.2, 0.25) is 5.15 Å². The molecule has 1 fully saturated rings. The van der Waals surface area contributed by atoms with Crippen molar-refractivity contribution >= 4 is 28.7 Å². The third-order valence-corrected chi connectivity index (χ3v) is 5.92. The number of ether oxygens (including phenoxy) is 2. The quantitative estimate of drug-likeness (QED) is 0.465. The van der Waals surface area contributed by atoms with E-state index in [2.05, 4.69) is 4.98 Å². The van der Waals surface area contributed by atoms with Crippen molar-refractivity contribution in [2.75, 3.05) is 0 Å². The molecule has 2 N–H and O–H groups in total. The number of aromatic nitrogens is 1. The van der Waals surface area contributed by atoms with Crippen molar-refractivity contribution < 1.29 is 24.5 Å². The molecule has 156 valence electrons. The van der Waals surface area contributed by atoms with Gasteiger partial charge in [-0.15, -0.1) is 0 Å². The van der Waals surface area contributed by atoms with E-state index < -0.39 is 18.0 Å². The molecule has 0 saturated carbocycles. The van der Waals surface area contributed by atoms with Gasteiger partial charge >= 0.3 is 5.97 Å². The molecule has 1 aromatic heterocycles. The molecular formula is C24H18ClNO5. The van der Waals surface area contributed by atoms with Crippen LogP contribution in [0.4, 0.5) is 0 Å². The topological polar surface area (TPSA) is 88.9 Å². The van der Waals surface area contributed by atoms with Crippen LogP contribution in [-0.2, 0) is 9.53 Å². The Bertz CT molecular complexity index is 1170. The second kappa shape index (κ2) is 7.72. The van der Waals surface area contributed by atoms with E-state index in [9.17, 15) is 15.0 Å². The minimum Gasteiger partial charge on any atom is -0.508 e. The van der Waals surface area contributed by atoms with Crippen molar-refractivity contribution in [3.8, 4) is 17.2 Å². The highest BCUT2D eigenvalue weighted by Gasteiger charge is 2.51.